The number of rotatable bonds is 23. The van der Waals surface area contributed by atoms with Crippen LogP contribution in [0.25, 0.3) is 0 Å². The Balaban J connectivity index is -0.000000587. The number of likely N-dealkylation sites (N-methyl/N-ethyl adjacent to an activating group) is 2. The van der Waals surface area contributed by atoms with Gasteiger partial charge in [-0.2, -0.15) is 0 Å². The molecule has 0 aromatic heterocycles. The Bertz CT molecular complexity index is 2720. The first-order valence-electron chi connectivity index (χ1n) is 33.6. The van der Waals surface area contributed by atoms with E-state index in [9.17, 15) is 47.9 Å². The van der Waals surface area contributed by atoms with E-state index in [1.165, 1.54) is 41.5 Å². The van der Waals surface area contributed by atoms with E-state index < -0.39 is 105 Å². The number of carboxylic acids is 1. The molecule has 2 atom stereocenters. The number of carbonyl (C=O) groups excluding carboxylic acids is 9. The van der Waals surface area contributed by atoms with Crippen LogP contribution in [0.5, 0.6) is 0 Å². The molecule has 594 valence electrons. The number of benzene rings is 2. The Hall–Kier alpha value is -7.16. The van der Waals surface area contributed by atoms with Crippen LogP contribution in [0.4, 0.5) is 24.0 Å². The van der Waals surface area contributed by atoms with Crippen LogP contribution in [0.2, 0.25) is 0 Å². The highest BCUT2D eigenvalue weighted by atomic mass is 35.5. The number of nitrogens with zero attached hydrogens (tertiary/aromatic N) is 2. The highest BCUT2D eigenvalue weighted by Gasteiger charge is 2.37. The molecular weight excluding hydrogens is 1390 g/mol. The normalized spacial score (nSPS) is 13.7. The molecule has 30 nitrogen and oxygen atoms in total. The van der Waals surface area contributed by atoms with Crippen molar-refractivity contribution in [3.05, 3.63) is 71.8 Å². The summed E-state index contributed by atoms with van der Waals surface area (Å²) in [6.45, 7) is 44.9. The van der Waals surface area contributed by atoms with Crippen molar-refractivity contribution in [1.29, 1.82) is 0 Å². The lowest BCUT2D eigenvalue weighted by Crippen LogP contribution is -2.59. The Labute approximate surface area is 621 Å². The molecule has 4 rings (SSSR count). The lowest BCUT2D eigenvalue weighted by molar-refractivity contribution is -0.150. The molecule has 0 unspecified atom stereocenters. The maximum atomic E-state index is 12.7. The molecule has 0 saturated carbocycles. The van der Waals surface area contributed by atoms with E-state index in [0.29, 0.717) is 25.7 Å². The predicted octanol–water partition coefficient (Wildman–Crippen LogP) is 9.98. The molecule has 2 aliphatic rings. The molecule has 2 saturated heterocycles. The molecule has 7 N–H and O–H groups in total. The Morgan fingerprint density at radius 1 is 0.515 bits per heavy atom. The topological polar surface area (TPSA) is 382 Å². The lowest BCUT2D eigenvalue weighted by atomic mass is 10.0. The summed E-state index contributed by atoms with van der Waals surface area (Å²) in [5.41, 5.74) is 0.770. The van der Waals surface area contributed by atoms with Crippen LogP contribution in [-0.4, -0.2) is 226 Å². The predicted molar refractivity (Wildman–Crippen MR) is 392 cm³/mol. The molecule has 2 fully saturated rings. The van der Waals surface area contributed by atoms with Crippen LogP contribution in [-0.2, 0) is 94.0 Å². The Morgan fingerprint density at radius 3 is 1.18 bits per heavy atom. The van der Waals surface area contributed by atoms with Crippen molar-refractivity contribution in [3.63, 3.8) is 0 Å². The van der Waals surface area contributed by atoms with Gasteiger partial charge in [-0.3, -0.25) is 9.59 Å². The highest BCUT2D eigenvalue weighted by Crippen LogP contribution is 2.15. The maximum absolute atomic E-state index is 12.7. The molecule has 0 bridgehead atoms. The molecule has 103 heavy (non-hydrogen) atoms. The third-order valence-corrected chi connectivity index (χ3v) is 12.1. The summed E-state index contributed by atoms with van der Waals surface area (Å²) < 4.78 is 59.7. The minimum Gasteiger partial charge on any atom is -0.480 e. The fourth-order valence-corrected chi connectivity index (χ4v) is 6.72. The van der Waals surface area contributed by atoms with Crippen LogP contribution >= 0.6 is 24.0 Å². The van der Waals surface area contributed by atoms with Crippen molar-refractivity contribution in [1.82, 2.24) is 31.1 Å². The zero-order chi connectivity index (χ0) is 79.1. The average molecular weight is 1510 g/mol. The number of ether oxygens (including phenoxy) is 12. The number of aliphatic carboxylic acids is 1. The lowest BCUT2D eigenvalue weighted by Gasteiger charge is -2.29. The number of hydrogen-bond acceptors (Lipinski definition) is 25. The number of morpholine rings is 2. The molecular formula is C71H123Cl2N7O23. The number of nitrogens with two attached hydrogens (primary N) is 1. The summed E-state index contributed by atoms with van der Waals surface area (Å²) in [6.07, 6.45) is -3.33. The molecule has 0 radical (unpaired) electrons. The zero-order valence-electron chi connectivity index (χ0n) is 65.1. The highest BCUT2D eigenvalue weighted by molar-refractivity contribution is 6.61. The van der Waals surface area contributed by atoms with Gasteiger partial charge in [-0.1, -0.05) is 88.4 Å². The van der Waals surface area contributed by atoms with E-state index in [4.69, 9.17) is 69.8 Å². The van der Waals surface area contributed by atoms with Crippen molar-refractivity contribution in [2.75, 3.05) is 106 Å². The van der Waals surface area contributed by atoms with Gasteiger partial charge in [0.15, 0.2) is 6.04 Å². The van der Waals surface area contributed by atoms with E-state index in [1.54, 1.807) is 76.2 Å². The van der Waals surface area contributed by atoms with Crippen LogP contribution in [0.3, 0.4) is 0 Å². The summed E-state index contributed by atoms with van der Waals surface area (Å²) in [5, 5.41) is 18.4. The summed E-state index contributed by atoms with van der Waals surface area (Å²) in [7, 11) is 4.23. The van der Waals surface area contributed by atoms with E-state index in [-0.39, 0.29) is 51.4 Å². The number of alkyl carbamates (subject to hydrolysis) is 3. The SMILES string of the molecule is CC(C)(C)OC(=O)NC(C)(C)C(=O)O.CC(C)COC(=O)Cl.CC(C)COC(=O)OC(=O)C(C)(C)NC(=O)OC(C)(C)C.CCOC(=O)[C@@H](COCc1ccccc1)NC(=O)C(C)(C)NC(=O)OC(C)(C)C.CCOC(=O)[C@@H](N)COCc1ccccc1.CN1CCOCC1.CN1CCOCC1.Cl. The molecule has 2 aliphatic heterocycles. The van der Waals surface area contributed by atoms with Gasteiger partial charge in [-0.05, 0) is 155 Å². The fourth-order valence-electron chi connectivity index (χ4n) is 6.66. The van der Waals surface area contributed by atoms with Gasteiger partial charge in [0, 0.05) is 37.8 Å². The van der Waals surface area contributed by atoms with Crippen molar-refractivity contribution in [2.45, 2.75) is 204 Å². The smallest absolute Gasteiger partial charge is 0.480 e. The molecule has 2 heterocycles. The monoisotopic (exact) mass is 1510 g/mol. The van der Waals surface area contributed by atoms with E-state index >= 15 is 0 Å². The number of carboxylic acid groups (broad SMARTS) is 1. The molecule has 2 aromatic carbocycles. The molecule has 2 aromatic rings. The van der Waals surface area contributed by atoms with Gasteiger partial charge in [0.05, 0.1) is 79.3 Å². The minimum absolute atomic E-state index is 0. The second-order valence-electron chi connectivity index (χ2n) is 28.3. The number of carbonyl (C=O) groups is 10. The van der Waals surface area contributed by atoms with Crippen molar-refractivity contribution in [2.24, 2.45) is 17.6 Å². The van der Waals surface area contributed by atoms with Gasteiger partial charge < -0.3 is 98.7 Å². The molecule has 32 heteroatoms. The van der Waals surface area contributed by atoms with Crippen LogP contribution < -0.4 is 27.0 Å². The first-order valence-corrected chi connectivity index (χ1v) is 34.0. The molecule has 4 amide bonds. The van der Waals surface area contributed by atoms with Gasteiger partial charge in [0.1, 0.15) is 39.5 Å². The number of esters is 3. The summed E-state index contributed by atoms with van der Waals surface area (Å²) in [5.74, 6) is -3.15. The van der Waals surface area contributed by atoms with Gasteiger partial charge in [0.2, 0.25) is 5.91 Å². The van der Waals surface area contributed by atoms with Crippen LogP contribution in [0, 0.1) is 11.8 Å². The van der Waals surface area contributed by atoms with Crippen LogP contribution in [0.15, 0.2) is 60.7 Å². The summed E-state index contributed by atoms with van der Waals surface area (Å²) in [4.78, 5) is 119. The third kappa shape index (κ3) is 59.9. The summed E-state index contributed by atoms with van der Waals surface area (Å²) in [6, 6.07) is 17.5. The Kier molecular flexibility index (Phi) is 53.2. The number of amides is 4. The Morgan fingerprint density at radius 2 is 0.864 bits per heavy atom. The standard InChI is InChI=1S/C21H32N2O6.C14H25NO6.C12H17NO3.C9H17NO4.C5H9ClO2.2C5H11NO.ClH/c1-7-28-17(24)16(14-27-13-15-11-9-8-10-12-15)22-18(25)21(5,6)23-19(26)29-20(2,3)4;1-9(2)8-19-12(18)20-10(16)14(6,7)15-11(17)21-13(3,4)5;1-2-16-12(14)11(13)9-15-8-10-6-4-3-5-7-10;1-8(2,3)14-7(13)10-9(4,5)6(11)12;1-4(2)3-8-5(6)7;2*1-6-2-4-7-5-3-6;/h8-12,16H,7,13-14H2,1-6H3,(H,22,25)(H,23,26);9H,8H2,1-7H3,(H,15,17);3-7,11H,2,8-9,13H2,1H3;1-5H3,(H,10,13)(H,11,12);4H,3H2,1-2H3;2*2-5H2,1H3;1H/t16-;;11-;;;;;/m1.0...../s1. The van der Waals surface area contributed by atoms with Crippen molar-refractivity contribution >= 4 is 83.7 Å². The second-order valence-corrected chi connectivity index (χ2v) is 28.6. The second kappa shape index (κ2) is 53.6. The van der Waals surface area contributed by atoms with E-state index in [2.05, 4.69) is 54.6 Å². The van der Waals surface area contributed by atoms with Gasteiger partial charge in [-0.15, -0.1) is 12.4 Å². The third-order valence-electron chi connectivity index (χ3n) is 12.0. The number of halogens is 2. The largest absolute Gasteiger partial charge is 0.516 e. The van der Waals surface area contributed by atoms with Crippen molar-refractivity contribution in [3.8, 4) is 0 Å². The summed E-state index contributed by atoms with van der Waals surface area (Å²) >= 11 is 4.86. The number of nitrogens with one attached hydrogen (secondary N) is 4. The molecule has 0 spiro atoms. The van der Waals surface area contributed by atoms with E-state index in [1.807, 2.05) is 88.4 Å². The first-order chi connectivity index (χ1) is 47.0. The van der Waals surface area contributed by atoms with Crippen LogP contribution in [0.1, 0.15) is 157 Å². The van der Waals surface area contributed by atoms with Crippen molar-refractivity contribution < 1.29 is 110 Å². The quantitative estimate of drug-likeness (QED) is 0.0261. The van der Waals surface area contributed by atoms with Gasteiger partial charge in [-0.25, -0.2) is 38.4 Å². The fraction of sp³-hybridized carbons (Fsp3) is 0.690. The minimum atomic E-state index is -1.42. The van der Waals surface area contributed by atoms with E-state index in [0.717, 1.165) is 63.7 Å². The van der Waals surface area contributed by atoms with Gasteiger partial charge in [0.25, 0.3) is 0 Å². The zero-order valence-corrected chi connectivity index (χ0v) is 66.7. The molecule has 0 aliphatic carbocycles. The number of hydrogen-bond donors (Lipinski definition) is 6. The average Bonchev–Trinajstić information content (AvgIpc) is 0.959. The maximum Gasteiger partial charge on any atom is 0.516 e. The van der Waals surface area contributed by atoms with Gasteiger partial charge >= 0.3 is 53.7 Å². The first kappa shape index (κ1) is 102.